The van der Waals surface area contributed by atoms with Gasteiger partial charge in [-0.1, -0.05) is 12.8 Å². The zero-order chi connectivity index (χ0) is 12.3. The molecule has 0 amide bonds. The van der Waals surface area contributed by atoms with Crippen LogP contribution in [0.15, 0.2) is 18.5 Å². The fourth-order valence-corrected chi connectivity index (χ4v) is 2.40. The summed E-state index contributed by atoms with van der Waals surface area (Å²) < 4.78 is 13.2. The second-order valence-corrected chi connectivity index (χ2v) is 4.90. The zero-order valence-electron chi connectivity index (χ0n) is 10.1. The van der Waals surface area contributed by atoms with Crippen molar-refractivity contribution < 1.29 is 9.50 Å². The molecule has 0 spiro atoms. The fraction of sp³-hybridized carbons (Fsp3) is 0.615. The molecule has 1 aliphatic rings. The van der Waals surface area contributed by atoms with Gasteiger partial charge in [-0.15, -0.1) is 0 Å². The van der Waals surface area contributed by atoms with Crippen molar-refractivity contribution in [3.05, 3.63) is 29.8 Å². The smallest absolute Gasteiger partial charge is 0.141 e. The first-order valence-corrected chi connectivity index (χ1v) is 6.17. The average Bonchev–Trinajstić information content (AvgIpc) is 2.58. The fourth-order valence-electron chi connectivity index (χ4n) is 2.40. The summed E-state index contributed by atoms with van der Waals surface area (Å²) in [5.74, 6) is -0.406. The summed E-state index contributed by atoms with van der Waals surface area (Å²) in [6, 6.07) is 1.33. The second-order valence-electron chi connectivity index (χ2n) is 4.90. The summed E-state index contributed by atoms with van der Waals surface area (Å²) in [6.07, 6.45) is 7.00. The highest BCUT2D eigenvalue weighted by atomic mass is 19.1. The number of nitrogens with zero attached hydrogens (tertiary/aromatic N) is 1. The van der Waals surface area contributed by atoms with E-state index in [-0.39, 0.29) is 6.04 Å². The van der Waals surface area contributed by atoms with Crippen LogP contribution in [0.25, 0.3) is 0 Å². The first kappa shape index (κ1) is 12.5. The summed E-state index contributed by atoms with van der Waals surface area (Å²) in [5, 5.41) is 13.9. The van der Waals surface area contributed by atoms with Crippen LogP contribution in [-0.2, 0) is 5.60 Å². The zero-order valence-corrected chi connectivity index (χ0v) is 10.1. The molecule has 1 aromatic heterocycles. The van der Waals surface area contributed by atoms with Gasteiger partial charge in [-0.2, -0.15) is 0 Å². The second kappa shape index (κ2) is 5.10. The lowest BCUT2D eigenvalue weighted by Crippen LogP contribution is -2.46. The van der Waals surface area contributed by atoms with Gasteiger partial charge in [-0.3, -0.25) is 4.98 Å². The first-order chi connectivity index (χ1) is 8.10. The highest BCUT2D eigenvalue weighted by Crippen LogP contribution is 2.28. The Balaban J connectivity index is 2.21. The van der Waals surface area contributed by atoms with Gasteiger partial charge in [-0.05, 0) is 32.4 Å². The largest absolute Gasteiger partial charge is 0.384 e. The van der Waals surface area contributed by atoms with Gasteiger partial charge in [0, 0.05) is 17.8 Å². The Morgan fingerprint density at radius 1 is 1.41 bits per heavy atom. The summed E-state index contributed by atoms with van der Waals surface area (Å²) in [4.78, 5) is 3.81. The highest BCUT2D eigenvalue weighted by molar-refractivity contribution is 5.20. The number of pyridine rings is 1. The van der Waals surface area contributed by atoms with E-state index < -0.39 is 11.4 Å². The molecule has 1 saturated heterocycles. The molecule has 2 unspecified atom stereocenters. The Hall–Kier alpha value is -1.00. The van der Waals surface area contributed by atoms with Crippen LogP contribution in [0.2, 0.25) is 0 Å². The van der Waals surface area contributed by atoms with E-state index in [0.29, 0.717) is 5.56 Å². The summed E-state index contributed by atoms with van der Waals surface area (Å²) in [6.45, 7) is 2.63. The molecule has 3 nitrogen and oxygen atoms in total. The number of nitrogens with one attached hydrogen (secondary N) is 1. The number of halogens is 1. The lowest BCUT2D eigenvalue weighted by Gasteiger charge is -2.33. The SMILES string of the molecule is CC(O)(c1cncc(F)c1)C1CCCCCN1. The van der Waals surface area contributed by atoms with Crippen molar-refractivity contribution in [1.29, 1.82) is 0 Å². The molecule has 0 bridgehead atoms. The molecule has 94 valence electrons. The molecule has 1 fully saturated rings. The van der Waals surface area contributed by atoms with Crippen LogP contribution in [0.5, 0.6) is 0 Å². The molecule has 2 atom stereocenters. The number of rotatable bonds is 2. The Bertz CT molecular complexity index is 373. The van der Waals surface area contributed by atoms with Gasteiger partial charge in [0.2, 0.25) is 0 Å². The van der Waals surface area contributed by atoms with E-state index in [1.165, 1.54) is 18.7 Å². The van der Waals surface area contributed by atoms with Crippen molar-refractivity contribution in [1.82, 2.24) is 10.3 Å². The van der Waals surface area contributed by atoms with E-state index in [1.54, 1.807) is 6.92 Å². The number of hydrogen-bond donors (Lipinski definition) is 2. The molecular weight excluding hydrogens is 219 g/mol. The van der Waals surface area contributed by atoms with Crippen LogP contribution in [0.3, 0.4) is 0 Å². The summed E-state index contributed by atoms with van der Waals surface area (Å²) in [7, 11) is 0. The van der Waals surface area contributed by atoms with Crippen LogP contribution >= 0.6 is 0 Å². The number of aromatic nitrogens is 1. The van der Waals surface area contributed by atoms with E-state index in [2.05, 4.69) is 10.3 Å². The monoisotopic (exact) mass is 238 g/mol. The van der Waals surface area contributed by atoms with Crippen molar-refractivity contribution in [3.8, 4) is 0 Å². The maximum absolute atomic E-state index is 13.2. The maximum Gasteiger partial charge on any atom is 0.141 e. The lowest BCUT2D eigenvalue weighted by molar-refractivity contribution is 0.0130. The van der Waals surface area contributed by atoms with Crippen LogP contribution in [-0.4, -0.2) is 22.7 Å². The predicted molar refractivity (Wildman–Crippen MR) is 64.0 cm³/mol. The molecule has 4 heteroatoms. The van der Waals surface area contributed by atoms with Crippen molar-refractivity contribution in [2.45, 2.75) is 44.2 Å². The van der Waals surface area contributed by atoms with Gasteiger partial charge in [0.05, 0.1) is 6.20 Å². The van der Waals surface area contributed by atoms with Crippen molar-refractivity contribution in [2.75, 3.05) is 6.54 Å². The van der Waals surface area contributed by atoms with Gasteiger partial charge < -0.3 is 10.4 Å². The van der Waals surface area contributed by atoms with Gasteiger partial charge in [0.15, 0.2) is 0 Å². The van der Waals surface area contributed by atoms with Gasteiger partial charge >= 0.3 is 0 Å². The van der Waals surface area contributed by atoms with Crippen LogP contribution in [0, 0.1) is 5.82 Å². The van der Waals surface area contributed by atoms with E-state index in [9.17, 15) is 9.50 Å². The van der Waals surface area contributed by atoms with Crippen molar-refractivity contribution in [3.63, 3.8) is 0 Å². The third-order valence-corrected chi connectivity index (χ3v) is 3.53. The van der Waals surface area contributed by atoms with E-state index in [4.69, 9.17) is 0 Å². The molecule has 2 N–H and O–H groups in total. The molecule has 2 rings (SSSR count). The molecule has 1 aliphatic heterocycles. The number of hydrogen-bond acceptors (Lipinski definition) is 3. The third-order valence-electron chi connectivity index (χ3n) is 3.53. The lowest BCUT2D eigenvalue weighted by atomic mass is 9.86. The molecule has 0 aromatic carbocycles. The van der Waals surface area contributed by atoms with Crippen LogP contribution < -0.4 is 5.32 Å². The van der Waals surface area contributed by atoms with Crippen LogP contribution in [0.4, 0.5) is 4.39 Å². The van der Waals surface area contributed by atoms with Crippen molar-refractivity contribution >= 4 is 0 Å². The Morgan fingerprint density at radius 3 is 3.00 bits per heavy atom. The van der Waals surface area contributed by atoms with Crippen molar-refractivity contribution in [2.24, 2.45) is 0 Å². The molecule has 1 aromatic rings. The normalized spacial score (nSPS) is 25.0. The topological polar surface area (TPSA) is 45.2 Å². The van der Waals surface area contributed by atoms with Gasteiger partial charge in [0.25, 0.3) is 0 Å². The standard InChI is InChI=1S/C13H19FN2O/c1-13(17,10-7-11(14)9-15-8-10)12-5-3-2-4-6-16-12/h7-9,12,16-17H,2-6H2,1H3. The Labute approximate surface area is 101 Å². The van der Waals surface area contributed by atoms with Crippen LogP contribution in [0.1, 0.15) is 38.2 Å². The predicted octanol–water partition coefficient (Wildman–Crippen LogP) is 1.96. The van der Waals surface area contributed by atoms with Gasteiger partial charge in [-0.25, -0.2) is 4.39 Å². The van der Waals surface area contributed by atoms with Gasteiger partial charge in [0.1, 0.15) is 11.4 Å². The van der Waals surface area contributed by atoms with E-state index in [1.807, 2.05) is 0 Å². The minimum atomic E-state index is -1.07. The Kier molecular flexibility index (Phi) is 3.74. The molecule has 0 saturated carbocycles. The third kappa shape index (κ3) is 2.82. The summed E-state index contributed by atoms with van der Waals surface area (Å²) in [5.41, 5.74) is -0.531. The van der Waals surface area contributed by atoms with E-state index in [0.717, 1.165) is 32.0 Å². The molecule has 17 heavy (non-hydrogen) atoms. The molecule has 0 radical (unpaired) electrons. The molecule has 0 aliphatic carbocycles. The maximum atomic E-state index is 13.2. The van der Waals surface area contributed by atoms with E-state index >= 15 is 0 Å². The quantitative estimate of drug-likeness (QED) is 0.828. The first-order valence-electron chi connectivity index (χ1n) is 6.17. The number of aliphatic hydroxyl groups is 1. The summed E-state index contributed by atoms with van der Waals surface area (Å²) >= 11 is 0. The molecular formula is C13H19FN2O. The minimum absolute atomic E-state index is 0.0337. The highest BCUT2D eigenvalue weighted by Gasteiger charge is 2.34. The average molecular weight is 238 g/mol. The minimum Gasteiger partial charge on any atom is -0.384 e. The Morgan fingerprint density at radius 2 is 2.24 bits per heavy atom. The molecule has 2 heterocycles.